The van der Waals surface area contributed by atoms with Crippen LogP contribution in [0.25, 0.3) is 0 Å². The summed E-state index contributed by atoms with van der Waals surface area (Å²) < 4.78 is 0. The zero-order chi connectivity index (χ0) is 18.2. The van der Waals surface area contributed by atoms with Crippen molar-refractivity contribution in [3.05, 3.63) is 57.8 Å². The van der Waals surface area contributed by atoms with Gasteiger partial charge in [-0.3, -0.25) is 14.5 Å². The standard InChI is InChI=1S/C19H20N2O3S/c1-12(2)13-4-6-14(7-5-13)16(22)10-21-17(23)19(3,20-18(21)24)15-8-9-25-11-15/h4-9,11-12H,10H2,1-3H3,(H,20,24). The third-order valence-corrected chi connectivity index (χ3v) is 5.26. The van der Waals surface area contributed by atoms with E-state index in [4.69, 9.17) is 0 Å². The van der Waals surface area contributed by atoms with Crippen molar-refractivity contribution in [3.8, 4) is 0 Å². The molecule has 0 bridgehead atoms. The minimum Gasteiger partial charge on any atom is -0.319 e. The number of ketones is 1. The molecule has 0 aliphatic carbocycles. The summed E-state index contributed by atoms with van der Waals surface area (Å²) in [5.41, 5.74) is 1.25. The van der Waals surface area contributed by atoms with Crippen LogP contribution in [0.15, 0.2) is 41.1 Å². The number of Topliss-reactive ketones (excluding diaryl/α,β-unsaturated/α-hetero) is 1. The number of benzene rings is 1. The lowest BCUT2D eigenvalue weighted by Gasteiger charge is -2.20. The first-order chi connectivity index (χ1) is 11.8. The Labute approximate surface area is 150 Å². The molecule has 3 amide bonds. The Hall–Kier alpha value is -2.47. The Balaban J connectivity index is 1.77. The zero-order valence-corrected chi connectivity index (χ0v) is 15.2. The summed E-state index contributed by atoms with van der Waals surface area (Å²) in [5.74, 6) is -0.280. The maximum Gasteiger partial charge on any atom is 0.325 e. The molecule has 1 saturated heterocycles. The summed E-state index contributed by atoms with van der Waals surface area (Å²) in [5, 5.41) is 6.38. The number of carbonyl (C=O) groups excluding carboxylic acids is 3. The molecule has 5 nitrogen and oxygen atoms in total. The SMILES string of the molecule is CC(C)c1ccc(C(=O)CN2C(=O)NC(C)(c3ccsc3)C2=O)cc1. The average Bonchev–Trinajstić information content (AvgIpc) is 3.19. The number of thiophene rings is 1. The van der Waals surface area contributed by atoms with E-state index in [0.717, 1.165) is 16.0 Å². The molecule has 1 aliphatic heterocycles. The second-order valence-corrected chi connectivity index (χ2v) is 7.44. The molecule has 0 spiro atoms. The van der Waals surface area contributed by atoms with Crippen molar-refractivity contribution < 1.29 is 14.4 Å². The number of imide groups is 1. The van der Waals surface area contributed by atoms with Gasteiger partial charge in [0.15, 0.2) is 5.78 Å². The third-order valence-electron chi connectivity index (χ3n) is 4.57. The predicted octanol–water partition coefficient (Wildman–Crippen LogP) is 3.52. The van der Waals surface area contributed by atoms with Crippen molar-refractivity contribution in [1.82, 2.24) is 10.2 Å². The van der Waals surface area contributed by atoms with E-state index in [0.29, 0.717) is 11.5 Å². The van der Waals surface area contributed by atoms with Crippen LogP contribution in [-0.4, -0.2) is 29.2 Å². The van der Waals surface area contributed by atoms with E-state index in [1.165, 1.54) is 11.3 Å². The van der Waals surface area contributed by atoms with Crippen LogP contribution in [0.1, 0.15) is 48.2 Å². The maximum absolute atomic E-state index is 12.7. The summed E-state index contributed by atoms with van der Waals surface area (Å²) in [6, 6.07) is 8.56. The van der Waals surface area contributed by atoms with Gasteiger partial charge in [-0.05, 0) is 40.8 Å². The van der Waals surface area contributed by atoms with Crippen molar-refractivity contribution in [1.29, 1.82) is 0 Å². The Morgan fingerprint density at radius 1 is 1.20 bits per heavy atom. The van der Waals surface area contributed by atoms with E-state index in [-0.39, 0.29) is 12.3 Å². The molecule has 130 valence electrons. The summed E-state index contributed by atoms with van der Waals surface area (Å²) in [6.45, 7) is 5.56. The van der Waals surface area contributed by atoms with Gasteiger partial charge in [0, 0.05) is 5.56 Å². The second-order valence-electron chi connectivity index (χ2n) is 6.66. The normalized spacial score (nSPS) is 20.2. The van der Waals surface area contributed by atoms with E-state index in [1.54, 1.807) is 25.1 Å². The van der Waals surface area contributed by atoms with Gasteiger partial charge in [0.2, 0.25) is 0 Å². The molecule has 2 heterocycles. The Morgan fingerprint density at radius 3 is 2.44 bits per heavy atom. The second kappa shape index (κ2) is 6.44. The van der Waals surface area contributed by atoms with Crippen LogP contribution in [0.3, 0.4) is 0 Å². The van der Waals surface area contributed by atoms with Gasteiger partial charge in [-0.25, -0.2) is 4.79 Å². The number of nitrogens with one attached hydrogen (secondary N) is 1. The Morgan fingerprint density at radius 2 is 1.88 bits per heavy atom. The summed E-state index contributed by atoms with van der Waals surface area (Å²) in [6.07, 6.45) is 0. The van der Waals surface area contributed by atoms with Crippen molar-refractivity contribution in [2.75, 3.05) is 6.54 Å². The van der Waals surface area contributed by atoms with Crippen LogP contribution in [-0.2, 0) is 10.3 Å². The molecule has 1 N–H and O–H groups in total. The number of hydrogen-bond acceptors (Lipinski definition) is 4. The first-order valence-corrected chi connectivity index (χ1v) is 9.07. The smallest absolute Gasteiger partial charge is 0.319 e. The topological polar surface area (TPSA) is 66.5 Å². The molecule has 0 radical (unpaired) electrons. The number of nitrogens with zero attached hydrogens (tertiary/aromatic N) is 1. The molecule has 1 atom stereocenters. The van der Waals surface area contributed by atoms with Crippen molar-refractivity contribution in [2.24, 2.45) is 0 Å². The molecule has 1 unspecified atom stereocenters. The van der Waals surface area contributed by atoms with Gasteiger partial charge < -0.3 is 5.32 Å². The Kier molecular flexibility index (Phi) is 4.47. The van der Waals surface area contributed by atoms with Crippen LogP contribution in [0.4, 0.5) is 4.79 Å². The minimum absolute atomic E-state index is 0.256. The molecule has 1 aliphatic rings. The van der Waals surface area contributed by atoms with Crippen LogP contribution in [0, 0.1) is 0 Å². The van der Waals surface area contributed by atoms with E-state index < -0.39 is 17.5 Å². The average molecular weight is 356 g/mol. The monoisotopic (exact) mass is 356 g/mol. The maximum atomic E-state index is 12.7. The summed E-state index contributed by atoms with van der Waals surface area (Å²) in [4.78, 5) is 38.5. The van der Waals surface area contributed by atoms with Gasteiger partial charge in [0.25, 0.3) is 5.91 Å². The highest BCUT2D eigenvalue weighted by Crippen LogP contribution is 2.30. The lowest BCUT2D eigenvalue weighted by Crippen LogP contribution is -2.41. The molecule has 1 aromatic heterocycles. The van der Waals surface area contributed by atoms with Crippen LogP contribution in [0.5, 0.6) is 0 Å². The number of carbonyl (C=O) groups is 3. The van der Waals surface area contributed by atoms with Crippen molar-refractivity contribution in [3.63, 3.8) is 0 Å². The molecule has 3 rings (SSSR count). The number of amides is 3. The van der Waals surface area contributed by atoms with Gasteiger partial charge in [-0.2, -0.15) is 11.3 Å². The minimum atomic E-state index is -1.11. The van der Waals surface area contributed by atoms with Gasteiger partial charge in [-0.15, -0.1) is 0 Å². The third kappa shape index (κ3) is 3.09. The molecule has 1 aromatic carbocycles. The van der Waals surface area contributed by atoms with Gasteiger partial charge >= 0.3 is 6.03 Å². The first kappa shape index (κ1) is 17.4. The number of urea groups is 1. The van der Waals surface area contributed by atoms with Crippen LogP contribution >= 0.6 is 11.3 Å². The molecular weight excluding hydrogens is 336 g/mol. The molecule has 1 fully saturated rings. The fourth-order valence-corrected chi connectivity index (χ4v) is 3.64. The molecule has 6 heteroatoms. The summed E-state index contributed by atoms with van der Waals surface area (Å²) >= 11 is 1.45. The highest BCUT2D eigenvalue weighted by Gasteiger charge is 2.49. The number of rotatable bonds is 5. The Bertz CT molecular complexity index is 812. The van der Waals surface area contributed by atoms with Crippen LogP contribution < -0.4 is 5.32 Å². The van der Waals surface area contributed by atoms with Gasteiger partial charge in [0.1, 0.15) is 5.54 Å². The molecular formula is C19H20N2O3S. The van der Waals surface area contributed by atoms with Gasteiger partial charge in [0.05, 0.1) is 6.54 Å². The van der Waals surface area contributed by atoms with E-state index in [9.17, 15) is 14.4 Å². The lowest BCUT2D eigenvalue weighted by atomic mass is 9.95. The van der Waals surface area contributed by atoms with E-state index >= 15 is 0 Å². The molecule has 2 aromatic rings. The highest BCUT2D eigenvalue weighted by atomic mass is 32.1. The summed E-state index contributed by atoms with van der Waals surface area (Å²) in [7, 11) is 0. The molecule has 25 heavy (non-hydrogen) atoms. The lowest BCUT2D eigenvalue weighted by molar-refractivity contribution is -0.130. The first-order valence-electron chi connectivity index (χ1n) is 8.13. The van der Waals surface area contributed by atoms with E-state index in [1.807, 2.05) is 22.9 Å². The molecule has 0 saturated carbocycles. The van der Waals surface area contributed by atoms with Crippen molar-refractivity contribution >= 4 is 29.1 Å². The quantitative estimate of drug-likeness (QED) is 0.658. The largest absolute Gasteiger partial charge is 0.325 e. The predicted molar refractivity (Wildman–Crippen MR) is 96.8 cm³/mol. The van der Waals surface area contributed by atoms with Crippen LogP contribution in [0.2, 0.25) is 0 Å². The van der Waals surface area contributed by atoms with Gasteiger partial charge in [-0.1, -0.05) is 38.1 Å². The fraction of sp³-hybridized carbons (Fsp3) is 0.316. The van der Waals surface area contributed by atoms with E-state index in [2.05, 4.69) is 19.2 Å². The van der Waals surface area contributed by atoms with Crippen molar-refractivity contribution in [2.45, 2.75) is 32.2 Å². The highest BCUT2D eigenvalue weighted by molar-refractivity contribution is 7.08. The zero-order valence-electron chi connectivity index (χ0n) is 14.4. The number of hydrogen-bond donors (Lipinski definition) is 1. The fourth-order valence-electron chi connectivity index (χ4n) is 2.87.